The first kappa shape index (κ1) is 20.3. The van der Waals surface area contributed by atoms with E-state index in [-0.39, 0.29) is 6.10 Å². The lowest BCUT2D eigenvalue weighted by atomic mass is 10.1. The second kappa shape index (κ2) is 14.2. The predicted octanol–water partition coefficient (Wildman–Crippen LogP) is 6.11. The lowest BCUT2D eigenvalue weighted by molar-refractivity contribution is 0.0140. The fourth-order valence-electron chi connectivity index (χ4n) is 2.07. The third-order valence-electron chi connectivity index (χ3n) is 3.94. The van der Waals surface area contributed by atoms with E-state index in [0.717, 1.165) is 12.8 Å². The number of hydrogen-bond acceptors (Lipinski definition) is 3. The zero-order valence-corrected chi connectivity index (χ0v) is 14.7. The number of carbonyl (C=O) groups excluding carboxylic acids is 1. The topological polar surface area (TPSA) is 35.5 Å². The Morgan fingerprint density at radius 2 is 1.29 bits per heavy atom. The van der Waals surface area contributed by atoms with E-state index in [2.05, 4.69) is 6.92 Å². The first-order chi connectivity index (χ1) is 10.1. The first-order valence-corrected chi connectivity index (χ1v) is 8.91. The van der Waals surface area contributed by atoms with Crippen LogP contribution in [-0.2, 0) is 9.47 Å². The molecule has 0 N–H and O–H groups in total. The molecule has 0 amide bonds. The van der Waals surface area contributed by atoms with Gasteiger partial charge in [-0.05, 0) is 19.3 Å². The molecule has 0 radical (unpaired) electrons. The summed E-state index contributed by atoms with van der Waals surface area (Å²) in [7, 11) is 0. The molecule has 0 saturated heterocycles. The van der Waals surface area contributed by atoms with Gasteiger partial charge in [-0.2, -0.15) is 0 Å². The molecule has 126 valence electrons. The Balaban J connectivity index is 3.23. The molecular weight excluding hydrogens is 264 g/mol. The van der Waals surface area contributed by atoms with Gasteiger partial charge < -0.3 is 9.47 Å². The van der Waals surface area contributed by atoms with Crippen molar-refractivity contribution in [1.82, 2.24) is 0 Å². The van der Waals surface area contributed by atoms with Crippen LogP contribution in [0.15, 0.2) is 0 Å². The zero-order valence-electron chi connectivity index (χ0n) is 14.7. The van der Waals surface area contributed by atoms with Gasteiger partial charge in [0.1, 0.15) is 6.10 Å². The second-order valence-corrected chi connectivity index (χ2v) is 6.35. The summed E-state index contributed by atoms with van der Waals surface area (Å²) >= 11 is 0. The Morgan fingerprint density at radius 1 is 0.810 bits per heavy atom. The fraction of sp³-hybridized carbons (Fsp3) is 0.944. The molecule has 0 spiro atoms. The van der Waals surface area contributed by atoms with Crippen molar-refractivity contribution >= 4 is 6.16 Å². The summed E-state index contributed by atoms with van der Waals surface area (Å²) in [6.45, 7) is 8.69. The average molecular weight is 300 g/mol. The minimum absolute atomic E-state index is 0.0785. The fourth-order valence-corrected chi connectivity index (χ4v) is 2.07. The highest BCUT2D eigenvalue weighted by Gasteiger charge is 2.13. The molecule has 0 rings (SSSR count). The Kier molecular flexibility index (Phi) is 13.7. The van der Waals surface area contributed by atoms with Crippen LogP contribution >= 0.6 is 0 Å². The van der Waals surface area contributed by atoms with Crippen molar-refractivity contribution in [2.45, 2.75) is 98.0 Å². The molecule has 0 aliphatic rings. The summed E-state index contributed by atoms with van der Waals surface area (Å²) in [5, 5.41) is 0. The Bertz CT molecular complexity index is 239. The maximum absolute atomic E-state index is 11.4. The van der Waals surface area contributed by atoms with Crippen molar-refractivity contribution in [2.24, 2.45) is 5.92 Å². The maximum Gasteiger partial charge on any atom is 0.508 e. The van der Waals surface area contributed by atoms with E-state index >= 15 is 0 Å². The zero-order chi connectivity index (χ0) is 15.9. The van der Waals surface area contributed by atoms with Crippen molar-refractivity contribution in [3.8, 4) is 0 Å². The summed E-state index contributed by atoms with van der Waals surface area (Å²) in [6, 6.07) is 0. The van der Waals surface area contributed by atoms with Crippen LogP contribution in [0, 0.1) is 5.92 Å². The molecule has 3 nitrogen and oxygen atoms in total. The summed E-state index contributed by atoms with van der Waals surface area (Å²) in [4.78, 5) is 11.4. The van der Waals surface area contributed by atoms with Crippen LogP contribution in [0.4, 0.5) is 4.79 Å². The number of rotatable bonds is 13. The monoisotopic (exact) mass is 300 g/mol. The van der Waals surface area contributed by atoms with Crippen LogP contribution in [0.3, 0.4) is 0 Å². The van der Waals surface area contributed by atoms with Gasteiger partial charge in [-0.1, -0.05) is 78.6 Å². The SMILES string of the molecule is CCCCCCCCCCCCOC(=O)OC(C)C(C)C. The standard InChI is InChI=1S/C18H36O3/c1-5-6-7-8-9-10-11-12-13-14-15-20-18(19)21-17(4)16(2)3/h16-17H,5-15H2,1-4H3. The van der Waals surface area contributed by atoms with Crippen LogP contribution in [0.5, 0.6) is 0 Å². The second-order valence-electron chi connectivity index (χ2n) is 6.35. The molecule has 0 fully saturated rings. The van der Waals surface area contributed by atoms with Crippen LogP contribution in [0.25, 0.3) is 0 Å². The average Bonchev–Trinajstić information content (AvgIpc) is 2.44. The van der Waals surface area contributed by atoms with E-state index in [1.807, 2.05) is 20.8 Å². The van der Waals surface area contributed by atoms with Crippen LogP contribution in [-0.4, -0.2) is 18.9 Å². The molecule has 0 aromatic rings. The van der Waals surface area contributed by atoms with E-state index in [0.29, 0.717) is 12.5 Å². The van der Waals surface area contributed by atoms with E-state index < -0.39 is 6.16 Å². The third-order valence-corrected chi connectivity index (χ3v) is 3.94. The van der Waals surface area contributed by atoms with Crippen LogP contribution in [0.2, 0.25) is 0 Å². The number of carbonyl (C=O) groups is 1. The third kappa shape index (κ3) is 14.0. The van der Waals surface area contributed by atoms with Gasteiger partial charge in [0, 0.05) is 0 Å². The summed E-state index contributed by atoms with van der Waals surface area (Å²) in [6.07, 6.45) is 12.2. The number of hydrogen-bond donors (Lipinski definition) is 0. The minimum Gasteiger partial charge on any atom is -0.434 e. The molecule has 21 heavy (non-hydrogen) atoms. The molecule has 0 saturated carbocycles. The first-order valence-electron chi connectivity index (χ1n) is 8.91. The van der Waals surface area contributed by atoms with Gasteiger partial charge in [0.05, 0.1) is 6.61 Å². The smallest absolute Gasteiger partial charge is 0.434 e. The van der Waals surface area contributed by atoms with Crippen molar-refractivity contribution in [1.29, 1.82) is 0 Å². The molecule has 0 aromatic carbocycles. The van der Waals surface area contributed by atoms with Gasteiger partial charge in [0.25, 0.3) is 0 Å². The van der Waals surface area contributed by atoms with Gasteiger partial charge in [0.2, 0.25) is 0 Å². The molecule has 0 aliphatic heterocycles. The summed E-state index contributed by atoms with van der Waals surface area (Å²) in [5.41, 5.74) is 0. The van der Waals surface area contributed by atoms with E-state index in [4.69, 9.17) is 9.47 Å². The normalized spacial score (nSPS) is 12.4. The van der Waals surface area contributed by atoms with Crippen molar-refractivity contribution in [3.05, 3.63) is 0 Å². The van der Waals surface area contributed by atoms with Gasteiger partial charge in [-0.25, -0.2) is 4.79 Å². The molecular formula is C18H36O3. The summed E-state index contributed by atoms with van der Waals surface area (Å²) < 4.78 is 10.2. The number of ether oxygens (including phenoxy) is 2. The van der Waals surface area contributed by atoms with E-state index in [1.165, 1.54) is 51.4 Å². The molecule has 3 heteroatoms. The highest BCUT2D eigenvalue weighted by Crippen LogP contribution is 2.11. The highest BCUT2D eigenvalue weighted by molar-refractivity contribution is 5.60. The Morgan fingerprint density at radius 3 is 1.76 bits per heavy atom. The lowest BCUT2D eigenvalue weighted by Gasteiger charge is -2.16. The molecule has 1 unspecified atom stereocenters. The molecule has 0 heterocycles. The highest BCUT2D eigenvalue weighted by atomic mass is 16.7. The molecule has 0 aromatic heterocycles. The predicted molar refractivity (Wildman–Crippen MR) is 88.6 cm³/mol. The van der Waals surface area contributed by atoms with Gasteiger partial charge >= 0.3 is 6.16 Å². The molecule has 1 atom stereocenters. The number of unbranched alkanes of at least 4 members (excludes halogenated alkanes) is 9. The molecule has 0 bridgehead atoms. The van der Waals surface area contributed by atoms with Crippen LogP contribution in [0.1, 0.15) is 91.9 Å². The van der Waals surface area contributed by atoms with Gasteiger partial charge in [-0.15, -0.1) is 0 Å². The Labute approximate surface area is 131 Å². The van der Waals surface area contributed by atoms with Gasteiger partial charge in [-0.3, -0.25) is 0 Å². The van der Waals surface area contributed by atoms with E-state index in [1.54, 1.807) is 0 Å². The van der Waals surface area contributed by atoms with Crippen molar-refractivity contribution in [2.75, 3.05) is 6.61 Å². The van der Waals surface area contributed by atoms with Crippen LogP contribution < -0.4 is 0 Å². The van der Waals surface area contributed by atoms with Crippen molar-refractivity contribution < 1.29 is 14.3 Å². The minimum atomic E-state index is -0.521. The maximum atomic E-state index is 11.4. The molecule has 0 aliphatic carbocycles. The van der Waals surface area contributed by atoms with E-state index in [9.17, 15) is 4.79 Å². The summed E-state index contributed by atoms with van der Waals surface area (Å²) in [5.74, 6) is 0.329. The quantitative estimate of drug-likeness (QED) is 0.304. The van der Waals surface area contributed by atoms with Gasteiger partial charge in [0.15, 0.2) is 0 Å². The van der Waals surface area contributed by atoms with Crippen molar-refractivity contribution in [3.63, 3.8) is 0 Å². The lowest BCUT2D eigenvalue weighted by Crippen LogP contribution is -2.21. The largest absolute Gasteiger partial charge is 0.508 e. The Hall–Kier alpha value is -0.730.